The van der Waals surface area contributed by atoms with Gasteiger partial charge < -0.3 is 16.2 Å². The molecule has 15 heavy (non-hydrogen) atoms. The average molecular weight is 234 g/mol. The Balaban J connectivity index is 4.42. The summed E-state index contributed by atoms with van der Waals surface area (Å²) in [6, 6.07) is -1.73. The minimum atomic E-state index is -1.11. The summed E-state index contributed by atoms with van der Waals surface area (Å²) in [5.74, 6) is -1.54. The molecule has 0 aliphatic rings. The van der Waals surface area contributed by atoms with Gasteiger partial charge in [-0.25, -0.2) is 4.79 Å². The van der Waals surface area contributed by atoms with Gasteiger partial charge in [-0.3, -0.25) is 4.79 Å². The van der Waals surface area contributed by atoms with Gasteiger partial charge in [0, 0.05) is 5.75 Å². The Morgan fingerprint density at radius 2 is 1.93 bits per heavy atom. The lowest BCUT2D eigenvalue weighted by Crippen LogP contribution is -2.53. The van der Waals surface area contributed by atoms with Crippen LogP contribution in [-0.2, 0) is 9.59 Å². The molecule has 0 saturated carbocycles. The van der Waals surface area contributed by atoms with Gasteiger partial charge in [-0.05, 0) is 5.41 Å². The highest BCUT2D eigenvalue weighted by Gasteiger charge is 2.30. The van der Waals surface area contributed by atoms with E-state index in [1.54, 1.807) is 0 Å². The van der Waals surface area contributed by atoms with Crippen LogP contribution >= 0.6 is 12.6 Å². The highest BCUT2D eigenvalue weighted by molar-refractivity contribution is 7.80. The lowest BCUT2D eigenvalue weighted by Gasteiger charge is -2.26. The predicted octanol–water partition coefficient (Wildman–Crippen LogP) is -0.141. The summed E-state index contributed by atoms with van der Waals surface area (Å²) in [6.45, 7) is 5.44. The number of carbonyl (C=O) groups is 2. The Morgan fingerprint density at radius 1 is 1.47 bits per heavy atom. The van der Waals surface area contributed by atoms with Gasteiger partial charge in [0.2, 0.25) is 5.91 Å². The maximum atomic E-state index is 11.5. The lowest BCUT2D eigenvalue weighted by atomic mass is 9.87. The van der Waals surface area contributed by atoms with Crippen molar-refractivity contribution in [2.75, 3.05) is 5.75 Å². The third-order valence-electron chi connectivity index (χ3n) is 2.01. The molecule has 2 atom stereocenters. The fourth-order valence-corrected chi connectivity index (χ4v) is 1.09. The minimum Gasteiger partial charge on any atom is -0.480 e. The van der Waals surface area contributed by atoms with Crippen molar-refractivity contribution in [3.8, 4) is 0 Å². The first-order valence-electron chi connectivity index (χ1n) is 4.59. The quantitative estimate of drug-likeness (QED) is 0.509. The number of carboxylic acids is 1. The van der Waals surface area contributed by atoms with Gasteiger partial charge in [0.05, 0.1) is 6.04 Å². The van der Waals surface area contributed by atoms with E-state index in [1.165, 1.54) is 0 Å². The number of carboxylic acid groups (broad SMARTS) is 1. The number of rotatable bonds is 4. The van der Waals surface area contributed by atoms with E-state index in [2.05, 4.69) is 17.9 Å². The number of amides is 1. The summed E-state index contributed by atoms with van der Waals surface area (Å²) in [7, 11) is 0. The highest BCUT2D eigenvalue weighted by atomic mass is 32.1. The normalized spacial score (nSPS) is 15.5. The van der Waals surface area contributed by atoms with E-state index in [9.17, 15) is 9.59 Å². The number of thiol groups is 1. The molecule has 0 heterocycles. The predicted molar refractivity (Wildman–Crippen MR) is 60.8 cm³/mol. The van der Waals surface area contributed by atoms with Crippen molar-refractivity contribution in [1.29, 1.82) is 0 Å². The van der Waals surface area contributed by atoms with Crippen molar-refractivity contribution in [3.05, 3.63) is 0 Å². The van der Waals surface area contributed by atoms with Gasteiger partial charge in [-0.15, -0.1) is 0 Å². The Bertz CT molecular complexity index is 250. The number of aliphatic carboxylic acids is 1. The van der Waals surface area contributed by atoms with Gasteiger partial charge in [0.15, 0.2) is 0 Å². The van der Waals surface area contributed by atoms with Crippen LogP contribution in [0.25, 0.3) is 0 Å². The molecule has 0 saturated heterocycles. The van der Waals surface area contributed by atoms with Crippen LogP contribution in [0.1, 0.15) is 20.8 Å². The number of carbonyl (C=O) groups excluding carboxylic acids is 1. The molecule has 0 fully saturated rings. The SMILES string of the molecule is CC(C)(C)[C@H](N)C(=O)N[C@@H](CS)C(=O)O. The zero-order valence-corrected chi connectivity index (χ0v) is 10.0. The first-order chi connectivity index (χ1) is 6.70. The molecule has 0 radical (unpaired) electrons. The molecule has 0 unspecified atom stereocenters. The molecule has 0 aromatic rings. The second-order valence-corrected chi connectivity index (χ2v) is 4.79. The third-order valence-corrected chi connectivity index (χ3v) is 2.38. The highest BCUT2D eigenvalue weighted by Crippen LogP contribution is 2.17. The van der Waals surface area contributed by atoms with Crippen LogP contribution in [0.3, 0.4) is 0 Å². The summed E-state index contributed by atoms with van der Waals surface area (Å²) in [6.07, 6.45) is 0. The smallest absolute Gasteiger partial charge is 0.327 e. The Hall–Kier alpha value is -0.750. The second kappa shape index (κ2) is 5.37. The van der Waals surface area contributed by atoms with Crippen molar-refractivity contribution in [2.24, 2.45) is 11.1 Å². The van der Waals surface area contributed by atoms with E-state index < -0.39 is 29.4 Å². The first kappa shape index (κ1) is 14.2. The maximum absolute atomic E-state index is 11.5. The Kier molecular flexibility index (Phi) is 5.10. The van der Waals surface area contributed by atoms with Crippen molar-refractivity contribution in [2.45, 2.75) is 32.9 Å². The lowest BCUT2D eigenvalue weighted by molar-refractivity contribution is -0.141. The van der Waals surface area contributed by atoms with Crippen LogP contribution in [-0.4, -0.2) is 34.8 Å². The van der Waals surface area contributed by atoms with Crippen molar-refractivity contribution in [1.82, 2.24) is 5.32 Å². The topological polar surface area (TPSA) is 92.4 Å². The van der Waals surface area contributed by atoms with Gasteiger partial charge >= 0.3 is 5.97 Å². The monoisotopic (exact) mass is 234 g/mol. The molecule has 0 bridgehead atoms. The third kappa shape index (κ3) is 4.53. The molecule has 4 N–H and O–H groups in total. The zero-order chi connectivity index (χ0) is 12.2. The molecule has 0 aromatic carbocycles. The van der Waals surface area contributed by atoms with Crippen LogP contribution in [0.15, 0.2) is 0 Å². The van der Waals surface area contributed by atoms with E-state index in [-0.39, 0.29) is 5.75 Å². The first-order valence-corrected chi connectivity index (χ1v) is 5.23. The molecular weight excluding hydrogens is 216 g/mol. The van der Waals surface area contributed by atoms with E-state index in [0.717, 1.165) is 0 Å². The van der Waals surface area contributed by atoms with Gasteiger partial charge in [-0.2, -0.15) is 12.6 Å². The van der Waals surface area contributed by atoms with E-state index in [1.807, 2.05) is 20.8 Å². The average Bonchev–Trinajstić information content (AvgIpc) is 2.10. The number of nitrogens with two attached hydrogens (primary N) is 1. The van der Waals surface area contributed by atoms with Crippen LogP contribution in [0.2, 0.25) is 0 Å². The van der Waals surface area contributed by atoms with Gasteiger partial charge in [-0.1, -0.05) is 20.8 Å². The van der Waals surface area contributed by atoms with E-state index in [4.69, 9.17) is 10.8 Å². The second-order valence-electron chi connectivity index (χ2n) is 4.43. The minimum absolute atomic E-state index is 0.0396. The maximum Gasteiger partial charge on any atom is 0.327 e. The van der Waals surface area contributed by atoms with Crippen molar-refractivity contribution in [3.63, 3.8) is 0 Å². The van der Waals surface area contributed by atoms with E-state index >= 15 is 0 Å². The van der Waals surface area contributed by atoms with Crippen LogP contribution in [0.5, 0.6) is 0 Å². The summed E-state index contributed by atoms with van der Waals surface area (Å²) >= 11 is 3.83. The Morgan fingerprint density at radius 3 is 2.20 bits per heavy atom. The summed E-state index contributed by atoms with van der Waals surface area (Å²) < 4.78 is 0. The molecular formula is C9H18N2O3S. The molecule has 5 nitrogen and oxygen atoms in total. The van der Waals surface area contributed by atoms with Crippen molar-refractivity contribution < 1.29 is 14.7 Å². The van der Waals surface area contributed by atoms with Crippen LogP contribution in [0.4, 0.5) is 0 Å². The number of hydrogen-bond acceptors (Lipinski definition) is 4. The van der Waals surface area contributed by atoms with Crippen LogP contribution < -0.4 is 11.1 Å². The molecule has 0 spiro atoms. The number of hydrogen-bond donors (Lipinski definition) is 4. The summed E-state index contributed by atoms with van der Waals surface area (Å²) in [5, 5.41) is 11.0. The summed E-state index contributed by atoms with van der Waals surface area (Å²) in [4.78, 5) is 22.2. The molecule has 88 valence electrons. The largest absolute Gasteiger partial charge is 0.480 e. The summed E-state index contributed by atoms with van der Waals surface area (Å²) in [5.41, 5.74) is 5.27. The van der Waals surface area contributed by atoms with E-state index in [0.29, 0.717) is 0 Å². The molecule has 0 rings (SSSR count). The molecule has 1 amide bonds. The fourth-order valence-electron chi connectivity index (χ4n) is 0.840. The number of nitrogens with one attached hydrogen (secondary N) is 1. The molecule has 6 heteroatoms. The molecule has 0 aliphatic heterocycles. The Labute approximate surface area is 94.8 Å². The van der Waals surface area contributed by atoms with Gasteiger partial charge in [0.1, 0.15) is 6.04 Å². The van der Waals surface area contributed by atoms with Crippen LogP contribution in [0, 0.1) is 5.41 Å². The van der Waals surface area contributed by atoms with Gasteiger partial charge in [0.25, 0.3) is 0 Å². The standard InChI is InChI=1S/C9H18N2O3S/c1-9(2,3)6(10)7(12)11-5(4-15)8(13)14/h5-6,15H,4,10H2,1-3H3,(H,11,12)(H,13,14)/t5-,6+/m0/s1. The fraction of sp³-hybridized carbons (Fsp3) is 0.778. The zero-order valence-electron chi connectivity index (χ0n) is 9.15. The molecule has 0 aromatic heterocycles. The van der Waals surface area contributed by atoms with Crippen molar-refractivity contribution >= 4 is 24.5 Å². The molecule has 0 aliphatic carbocycles.